The van der Waals surface area contributed by atoms with Crippen LogP contribution in [0.2, 0.25) is 10.0 Å². The van der Waals surface area contributed by atoms with Gasteiger partial charge in [0.15, 0.2) is 0 Å². The predicted molar refractivity (Wildman–Crippen MR) is 114 cm³/mol. The normalized spacial score (nSPS) is 17.7. The fraction of sp³-hybridized carbons (Fsp3) is 0.444. The van der Waals surface area contributed by atoms with Crippen LogP contribution in [0.15, 0.2) is 23.3 Å². The monoisotopic (exact) mass is 437 g/mol. The molecule has 0 amide bonds. The Kier molecular flexibility index (Phi) is 6.60. The van der Waals surface area contributed by atoms with Gasteiger partial charge in [-0.3, -0.25) is 0 Å². The van der Waals surface area contributed by atoms with E-state index in [2.05, 4.69) is 35.3 Å². The Balaban J connectivity index is 1.56. The molecule has 0 unspecified atom stereocenters. The SMILES string of the molecule is Clc1ccc(C=NNc2nc(N3CCOCC3)nc(N3CCOCC3)n2)c(Cl)c1. The summed E-state index contributed by atoms with van der Waals surface area (Å²) in [4.78, 5) is 17.9. The second-order valence-electron chi connectivity index (χ2n) is 6.49. The number of benzene rings is 1. The lowest BCUT2D eigenvalue weighted by atomic mass is 10.2. The third-order valence-corrected chi connectivity index (χ3v) is 5.09. The van der Waals surface area contributed by atoms with Gasteiger partial charge >= 0.3 is 0 Å². The van der Waals surface area contributed by atoms with Crippen LogP contribution in [0.1, 0.15) is 5.56 Å². The van der Waals surface area contributed by atoms with Crippen LogP contribution < -0.4 is 15.2 Å². The van der Waals surface area contributed by atoms with Crippen molar-refractivity contribution in [2.45, 2.75) is 0 Å². The topological polar surface area (TPSA) is 88.0 Å². The zero-order valence-electron chi connectivity index (χ0n) is 15.7. The molecule has 1 N–H and O–H groups in total. The number of ether oxygens (including phenoxy) is 2. The molecule has 2 fully saturated rings. The molecule has 0 atom stereocenters. The van der Waals surface area contributed by atoms with Crippen LogP contribution in [0.25, 0.3) is 0 Å². The summed E-state index contributed by atoms with van der Waals surface area (Å²) in [5.41, 5.74) is 3.63. The lowest BCUT2D eigenvalue weighted by Gasteiger charge is -2.30. The quantitative estimate of drug-likeness (QED) is 0.562. The van der Waals surface area contributed by atoms with Crippen molar-refractivity contribution in [2.75, 3.05) is 67.8 Å². The Morgan fingerprint density at radius 3 is 2.03 bits per heavy atom. The average Bonchev–Trinajstić information content (AvgIpc) is 2.76. The van der Waals surface area contributed by atoms with E-state index in [1.165, 1.54) is 0 Å². The maximum atomic E-state index is 6.18. The molecule has 4 rings (SSSR count). The molecule has 0 aliphatic carbocycles. The van der Waals surface area contributed by atoms with Gasteiger partial charge in [-0.25, -0.2) is 5.43 Å². The highest BCUT2D eigenvalue weighted by molar-refractivity contribution is 6.36. The standard InChI is InChI=1S/C18H21Cl2N7O2/c19-14-2-1-13(15(20)11-14)12-21-25-16-22-17(26-3-7-28-8-4-26)24-18(23-16)27-5-9-29-10-6-27/h1-2,11-12H,3-10H2,(H,22,23,24,25). The third-order valence-electron chi connectivity index (χ3n) is 4.53. The van der Waals surface area contributed by atoms with Gasteiger partial charge in [0.2, 0.25) is 17.8 Å². The largest absolute Gasteiger partial charge is 0.378 e. The fourth-order valence-corrected chi connectivity index (χ4v) is 3.44. The smallest absolute Gasteiger partial charge is 0.250 e. The van der Waals surface area contributed by atoms with Crippen molar-refractivity contribution in [3.05, 3.63) is 33.8 Å². The second-order valence-corrected chi connectivity index (χ2v) is 7.34. The number of nitrogens with one attached hydrogen (secondary N) is 1. The number of hydrogen-bond acceptors (Lipinski definition) is 9. The van der Waals surface area contributed by atoms with E-state index in [1.54, 1.807) is 24.4 Å². The Hall–Kier alpha value is -2.20. The van der Waals surface area contributed by atoms with E-state index in [0.29, 0.717) is 54.3 Å². The Labute approximate surface area is 178 Å². The molecule has 0 bridgehead atoms. The molecule has 2 aromatic rings. The molecule has 0 spiro atoms. The van der Waals surface area contributed by atoms with Crippen molar-refractivity contribution < 1.29 is 9.47 Å². The van der Waals surface area contributed by atoms with E-state index in [0.717, 1.165) is 31.7 Å². The van der Waals surface area contributed by atoms with Crippen molar-refractivity contribution in [1.29, 1.82) is 0 Å². The van der Waals surface area contributed by atoms with E-state index in [-0.39, 0.29) is 0 Å². The highest BCUT2D eigenvalue weighted by atomic mass is 35.5. The van der Waals surface area contributed by atoms with Crippen LogP contribution in [-0.2, 0) is 9.47 Å². The maximum absolute atomic E-state index is 6.18. The molecule has 9 nitrogen and oxygen atoms in total. The van der Waals surface area contributed by atoms with Crippen LogP contribution in [-0.4, -0.2) is 73.8 Å². The first kappa shape index (κ1) is 20.1. The summed E-state index contributed by atoms with van der Waals surface area (Å²) in [5, 5.41) is 5.32. The van der Waals surface area contributed by atoms with Crippen molar-refractivity contribution in [3.63, 3.8) is 0 Å². The minimum absolute atomic E-state index is 0.365. The van der Waals surface area contributed by atoms with Gasteiger partial charge in [-0.15, -0.1) is 0 Å². The van der Waals surface area contributed by atoms with Gasteiger partial charge in [0.1, 0.15) is 0 Å². The molecule has 29 heavy (non-hydrogen) atoms. The first-order valence-electron chi connectivity index (χ1n) is 9.34. The molecule has 154 valence electrons. The molecular formula is C18H21Cl2N7O2. The zero-order valence-corrected chi connectivity index (χ0v) is 17.2. The molecule has 2 saturated heterocycles. The van der Waals surface area contributed by atoms with E-state index in [1.807, 2.05) is 0 Å². The molecule has 1 aromatic heterocycles. The second kappa shape index (κ2) is 9.53. The highest BCUT2D eigenvalue weighted by Gasteiger charge is 2.20. The summed E-state index contributed by atoms with van der Waals surface area (Å²) in [5.74, 6) is 1.57. The Bertz CT molecular complexity index is 835. The zero-order chi connectivity index (χ0) is 20.1. The molecule has 3 heterocycles. The molecular weight excluding hydrogens is 417 g/mol. The summed E-state index contributed by atoms with van der Waals surface area (Å²) in [6, 6.07) is 5.22. The van der Waals surface area contributed by atoms with E-state index < -0.39 is 0 Å². The average molecular weight is 438 g/mol. The number of morpholine rings is 2. The molecule has 1 aromatic carbocycles. The minimum atomic E-state index is 0.365. The Morgan fingerprint density at radius 2 is 1.48 bits per heavy atom. The van der Waals surface area contributed by atoms with Gasteiger partial charge < -0.3 is 19.3 Å². The van der Waals surface area contributed by atoms with Crippen LogP contribution in [0.3, 0.4) is 0 Å². The summed E-state index contributed by atoms with van der Waals surface area (Å²) in [6.45, 7) is 5.52. The van der Waals surface area contributed by atoms with E-state index in [9.17, 15) is 0 Å². The van der Waals surface area contributed by atoms with Crippen molar-refractivity contribution in [3.8, 4) is 0 Å². The van der Waals surface area contributed by atoms with Crippen LogP contribution in [0.5, 0.6) is 0 Å². The van der Waals surface area contributed by atoms with Crippen LogP contribution in [0, 0.1) is 0 Å². The fourth-order valence-electron chi connectivity index (χ4n) is 2.98. The predicted octanol–water partition coefficient (Wildman–Crippen LogP) is 2.30. The van der Waals surface area contributed by atoms with Gasteiger partial charge in [-0.1, -0.05) is 29.3 Å². The number of rotatable bonds is 5. The highest BCUT2D eigenvalue weighted by Crippen LogP contribution is 2.20. The number of anilines is 3. The maximum Gasteiger partial charge on any atom is 0.250 e. The Morgan fingerprint density at radius 1 is 0.897 bits per heavy atom. The van der Waals surface area contributed by atoms with Crippen molar-refractivity contribution >= 4 is 47.3 Å². The summed E-state index contributed by atoms with van der Waals surface area (Å²) >= 11 is 12.1. The van der Waals surface area contributed by atoms with Crippen molar-refractivity contribution in [2.24, 2.45) is 5.10 Å². The number of halogens is 2. The van der Waals surface area contributed by atoms with Gasteiger partial charge in [0.25, 0.3) is 0 Å². The van der Waals surface area contributed by atoms with Crippen LogP contribution >= 0.6 is 23.2 Å². The van der Waals surface area contributed by atoms with E-state index in [4.69, 9.17) is 32.7 Å². The number of hydrogen-bond donors (Lipinski definition) is 1. The molecule has 2 aliphatic heterocycles. The van der Waals surface area contributed by atoms with Gasteiger partial charge in [0, 0.05) is 36.8 Å². The lowest BCUT2D eigenvalue weighted by Crippen LogP contribution is -2.40. The summed E-state index contributed by atoms with van der Waals surface area (Å²) in [6.07, 6.45) is 1.60. The molecule has 0 saturated carbocycles. The first-order valence-corrected chi connectivity index (χ1v) is 10.1. The van der Waals surface area contributed by atoms with Crippen LogP contribution in [0.4, 0.5) is 17.8 Å². The minimum Gasteiger partial charge on any atom is -0.378 e. The van der Waals surface area contributed by atoms with Crippen molar-refractivity contribution in [1.82, 2.24) is 15.0 Å². The summed E-state index contributed by atoms with van der Waals surface area (Å²) < 4.78 is 10.9. The van der Waals surface area contributed by atoms with Gasteiger partial charge in [-0.2, -0.15) is 20.1 Å². The van der Waals surface area contributed by atoms with Gasteiger partial charge in [-0.05, 0) is 12.1 Å². The number of aromatic nitrogens is 3. The first-order chi connectivity index (χ1) is 14.2. The molecule has 11 heteroatoms. The molecule has 0 radical (unpaired) electrons. The molecule has 2 aliphatic rings. The summed E-state index contributed by atoms with van der Waals surface area (Å²) in [7, 11) is 0. The number of hydrazone groups is 1. The number of nitrogens with zero attached hydrogens (tertiary/aromatic N) is 6. The van der Waals surface area contributed by atoms with E-state index >= 15 is 0 Å². The lowest BCUT2D eigenvalue weighted by molar-refractivity contribution is 0.121. The van der Waals surface area contributed by atoms with Gasteiger partial charge in [0.05, 0.1) is 37.7 Å². The third kappa shape index (κ3) is 5.24.